The molecule has 168 valence electrons. The Kier molecular flexibility index (Phi) is 5.69. The molecule has 0 saturated carbocycles. The molecule has 0 saturated heterocycles. The lowest BCUT2D eigenvalue weighted by Crippen LogP contribution is -2.39. The fraction of sp³-hybridized carbons (Fsp3) is 0.136. The first kappa shape index (κ1) is 21.8. The minimum atomic E-state index is -1.09. The predicted molar refractivity (Wildman–Crippen MR) is 117 cm³/mol. The summed E-state index contributed by atoms with van der Waals surface area (Å²) in [5, 5.41) is 2.75. The van der Waals surface area contributed by atoms with Gasteiger partial charge in [-0.3, -0.25) is 18.7 Å². The van der Waals surface area contributed by atoms with E-state index in [1.165, 1.54) is 36.1 Å². The fourth-order valence-corrected chi connectivity index (χ4v) is 3.30. The van der Waals surface area contributed by atoms with Crippen LogP contribution in [0.25, 0.3) is 10.9 Å². The van der Waals surface area contributed by atoms with Gasteiger partial charge < -0.3 is 11.1 Å². The number of hydrogen-bond donors (Lipinski definition) is 2. The number of aromatic nitrogens is 4. The van der Waals surface area contributed by atoms with E-state index in [1.807, 2.05) is 0 Å². The summed E-state index contributed by atoms with van der Waals surface area (Å²) in [5.74, 6) is -2.30. The van der Waals surface area contributed by atoms with E-state index in [1.54, 1.807) is 12.1 Å². The molecule has 9 nitrogen and oxygen atoms in total. The summed E-state index contributed by atoms with van der Waals surface area (Å²) in [7, 11) is 1.45. The van der Waals surface area contributed by atoms with Crippen molar-refractivity contribution in [2.24, 2.45) is 7.05 Å². The number of carbonyl (C=O) groups is 1. The molecule has 0 radical (unpaired) electrons. The van der Waals surface area contributed by atoms with Crippen molar-refractivity contribution >= 4 is 22.6 Å². The number of anilines is 1. The summed E-state index contributed by atoms with van der Waals surface area (Å²) in [5.41, 5.74) is 5.35. The maximum atomic E-state index is 13.6. The van der Waals surface area contributed by atoms with Crippen LogP contribution < -0.4 is 22.3 Å². The molecular weight excluding hydrogens is 434 g/mol. The van der Waals surface area contributed by atoms with E-state index in [2.05, 4.69) is 15.3 Å². The van der Waals surface area contributed by atoms with Gasteiger partial charge in [-0.25, -0.2) is 23.5 Å². The number of rotatable bonds is 5. The molecule has 0 fully saturated rings. The van der Waals surface area contributed by atoms with Crippen molar-refractivity contribution in [2.75, 3.05) is 5.73 Å². The van der Waals surface area contributed by atoms with Crippen LogP contribution in [0.1, 0.15) is 21.6 Å². The number of amides is 1. The maximum absolute atomic E-state index is 13.6. The second kappa shape index (κ2) is 8.61. The minimum Gasteiger partial charge on any atom is -0.384 e. The number of benzene rings is 1. The van der Waals surface area contributed by atoms with E-state index in [0.29, 0.717) is 5.82 Å². The van der Waals surface area contributed by atoms with Crippen LogP contribution in [-0.4, -0.2) is 25.0 Å². The topological polar surface area (TPSA) is 125 Å². The smallest absolute Gasteiger partial charge is 0.331 e. The Hall–Kier alpha value is -4.41. The first-order chi connectivity index (χ1) is 15.7. The zero-order valence-corrected chi connectivity index (χ0v) is 17.4. The summed E-state index contributed by atoms with van der Waals surface area (Å²) in [6.45, 7) is -0.105. The molecule has 0 aliphatic rings. The number of nitrogens with one attached hydrogen (secondary N) is 1. The van der Waals surface area contributed by atoms with Crippen LogP contribution in [0.15, 0.2) is 58.4 Å². The van der Waals surface area contributed by atoms with Gasteiger partial charge in [-0.15, -0.1) is 0 Å². The zero-order chi connectivity index (χ0) is 23.7. The molecule has 1 aromatic carbocycles. The highest BCUT2D eigenvalue weighted by atomic mass is 19.2. The molecular formula is C22H18F2N6O3. The number of pyridine rings is 2. The first-order valence-corrected chi connectivity index (χ1v) is 9.76. The molecule has 0 aliphatic carbocycles. The Balaban J connectivity index is 1.68. The van der Waals surface area contributed by atoms with Gasteiger partial charge in [0.2, 0.25) is 0 Å². The van der Waals surface area contributed by atoms with E-state index in [-0.39, 0.29) is 35.2 Å². The monoisotopic (exact) mass is 452 g/mol. The van der Waals surface area contributed by atoms with Crippen LogP contribution in [-0.2, 0) is 20.1 Å². The molecule has 3 heterocycles. The van der Waals surface area contributed by atoms with Crippen LogP contribution in [0.3, 0.4) is 0 Å². The standard InChI is InChI=1S/C22H18F2N6O3/c1-29-18-10-26-17(20(31)28-9-13-3-5-19(25)27-8-13)7-14(18)21(32)30(22(29)33)11-12-2-4-15(23)16(24)6-12/h2-8,10H,9,11H2,1H3,(H2,25,27)(H,28,31). The number of nitrogen functional groups attached to an aromatic ring is 1. The third kappa shape index (κ3) is 4.33. The average molecular weight is 452 g/mol. The van der Waals surface area contributed by atoms with Gasteiger partial charge in [-0.05, 0) is 35.4 Å². The molecule has 4 aromatic rings. The van der Waals surface area contributed by atoms with E-state index < -0.39 is 28.8 Å². The molecule has 4 rings (SSSR count). The van der Waals surface area contributed by atoms with Gasteiger partial charge in [0.05, 0.1) is 23.6 Å². The molecule has 11 heteroatoms. The Morgan fingerprint density at radius 2 is 1.79 bits per heavy atom. The molecule has 0 atom stereocenters. The molecule has 33 heavy (non-hydrogen) atoms. The van der Waals surface area contributed by atoms with Crippen LogP contribution in [0.4, 0.5) is 14.6 Å². The second-order valence-corrected chi connectivity index (χ2v) is 7.34. The van der Waals surface area contributed by atoms with Crippen molar-refractivity contribution < 1.29 is 13.6 Å². The highest BCUT2D eigenvalue weighted by molar-refractivity contribution is 5.95. The van der Waals surface area contributed by atoms with Gasteiger partial charge in [-0.1, -0.05) is 12.1 Å². The van der Waals surface area contributed by atoms with E-state index in [9.17, 15) is 23.2 Å². The molecule has 0 spiro atoms. The van der Waals surface area contributed by atoms with Gasteiger partial charge in [0.1, 0.15) is 11.5 Å². The van der Waals surface area contributed by atoms with Crippen LogP contribution in [0, 0.1) is 11.6 Å². The van der Waals surface area contributed by atoms with Crippen molar-refractivity contribution in [2.45, 2.75) is 13.1 Å². The Morgan fingerprint density at radius 3 is 2.48 bits per heavy atom. The summed E-state index contributed by atoms with van der Waals surface area (Å²) < 4.78 is 28.9. The second-order valence-electron chi connectivity index (χ2n) is 7.34. The normalized spacial score (nSPS) is 11.0. The van der Waals surface area contributed by atoms with Crippen LogP contribution >= 0.6 is 0 Å². The summed E-state index contributed by atoms with van der Waals surface area (Å²) in [6.07, 6.45) is 2.79. The van der Waals surface area contributed by atoms with Gasteiger partial charge in [0.25, 0.3) is 11.5 Å². The number of aryl methyl sites for hydroxylation is 1. The van der Waals surface area contributed by atoms with Crippen LogP contribution in [0.2, 0.25) is 0 Å². The number of carbonyl (C=O) groups excluding carboxylic acids is 1. The van der Waals surface area contributed by atoms with Crippen molar-refractivity contribution in [3.8, 4) is 0 Å². The largest absolute Gasteiger partial charge is 0.384 e. The van der Waals surface area contributed by atoms with E-state index >= 15 is 0 Å². The highest BCUT2D eigenvalue weighted by Crippen LogP contribution is 2.11. The Morgan fingerprint density at radius 1 is 1.03 bits per heavy atom. The summed E-state index contributed by atoms with van der Waals surface area (Å²) in [6, 6.07) is 7.73. The van der Waals surface area contributed by atoms with E-state index in [0.717, 1.165) is 22.3 Å². The molecule has 0 unspecified atom stereocenters. The van der Waals surface area contributed by atoms with Crippen molar-refractivity contribution in [3.63, 3.8) is 0 Å². The van der Waals surface area contributed by atoms with Crippen LogP contribution in [0.5, 0.6) is 0 Å². The van der Waals surface area contributed by atoms with Gasteiger partial charge in [-0.2, -0.15) is 0 Å². The minimum absolute atomic E-state index is 0.0268. The number of hydrogen-bond acceptors (Lipinski definition) is 6. The Labute approximate surface area is 185 Å². The molecule has 0 bridgehead atoms. The van der Waals surface area contributed by atoms with E-state index in [4.69, 9.17) is 5.73 Å². The average Bonchev–Trinajstić information content (AvgIpc) is 2.81. The first-order valence-electron chi connectivity index (χ1n) is 9.76. The molecule has 3 aromatic heterocycles. The molecule has 3 N–H and O–H groups in total. The van der Waals surface area contributed by atoms with Crippen molar-refractivity contribution in [1.82, 2.24) is 24.4 Å². The third-order valence-corrected chi connectivity index (χ3v) is 5.10. The van der Waals surface area contributed by atoms with Gasteiger partial charge in [0.15, 0.2) is 11.6 Å². The number of halogens is 2. The number of fused-ring (bicyclic) bond motifs is 1. The lowest BCUT2D eigenvalue weighted by molar-refractivity contribution is 0.0946. The predicted octanol–water partition coefficient (Wildman–Crippen LogP) is 1.33. The fourth-order valence-electron chi connectivity index (χ4n) is 3.30. The summed E-state index contributed by atoms with van der Waals surface area (Å²) >= 11 is 0. The number of nitrogens with zero attached hydrogens (tertiary/aromatic N) is 4. The maximum Gasteiger partial charge on any atom is 0.331 e. The quantitative estimate of drug-likeness (QED) is 0.471. The molecule has 1 amide bonds. The third-order valence-electron chi connectivity index (χ3n) is 5.10. The molecule has 0 aliphatic heterocycles. The number of nitrogens with two attached hydrogens (primary N) is 1. The van der Waals surface area contributed by atoms with Gasteiger partial charge >= 0.3 is 5.69 Å². The Bertz CT molecular complexity index is 1500. The highest BCUT2D eigenvalue weighted by Gasteiger charge is 2.16. The lowest BCUT2D eigenvalue weighted by Gasteiger charge is -2.12. The van der Waals surface area contributed by atoms with Crippen molar-refractivity contribution in [3.05, 3.63) is 98.1 Å². The van der Waals surface area contributed by atoms with Crippen molar-refractivity contribution in [1.29, 1.82) is 0 Å². The van der Waals surface area contributed by atoms with Gasteiger partial charge in [0, 0.05) is 19.8 Å². The lowest BCUT2D eigenvalue weighted by atomic mass is 10.2. The zero-order valence-electron chi connectivity index (χ0n) is 17.4. The summed E-state index contributed by atoms with van der Waals surface area (Å²) in [4.78, 5) is 46.3. The SMILES string of the molecule is Cn1c(=O)n(Cc2ccc(F)c(F)c2)c(=O)c2cc(C(=O)NCc3ccc(N)nc3)ncc21.